The number of anilines is 1. The summed E-state index contributed by atoms with van der Waals surface area (Å²) >= 11 is 5.16. The van der Waals surface area contributed by atoms with Crippen molar-refractivity contribution in [1.82, 2.24) is 36.1 Å². The molecule has 2 aromatic heterocycles. The van der Waals surface area contributed by atoms with Gasteiger partial charge in [0, 0.05) is 16.9 Å². The number of carboxylic acid groups (broad SMARTS) is 1. The number of hydrogen-bond donors (Lipinski definition) is 6. The van der Waals surface area contributed by atoms with E-state index in [0.29, 0.717) is 21.4 Å². The van der Waals surface area contributed by atoms with Crippen molar-refractivity contribution in [1.29, 1.82) is 0 Å². The maximum absolute atomic E-state index is 13.0. The fraction of sp³-hybridized carbons (Fsp3) is 0.353. The van der Waals surface area contributed by atoms with Gasteiger partial charge in [0.25, 0.3) is 5.91 Å². The van der Waals surface area contributed by atoms with Crippen LogP contribution in [0.1, 0.15) is 16.7 Å². The standard InChI is InChI=1S/C17H19N9O5S4/c1-5-24-25-17(35-5)34-3-6-2-32-13-9(12(28)26(13)10(6)14(29)30)21-11(27)8(22-16(31)23-19)7-4-33-15(18)20-7/h4,8-9,13H,2-3,19H2,1H3,(H2,18,20)(H,21,27)(H,29,30)(H2,22,23,31)/t8?,9?,13-/m0/s1. The van der Waals surface area contributed by atoms with Gasteiger partial charge in [-0.2, -0.15) is 0 Å². The smallest absolute Gasteiger partial charge is 0.352 e. The normalized spacial score (nSPS) is 20.1. The molecule has 0 radical (unpaired) electrons. The van der Waals surface area contributed by atoms with Gasteiger partial charge < -0.3 is 21.5 Å². The van der Waals surface area contributed by atoms with E-state index in [1.165, 1.54) is 45.1 Å². The Hall–Kier alpha value is -2.93. The van der Waals surface area contributed by atoms with E-state index in [4.69, 9.17) is 11.6 Å². The van der Waals surface area contributed by atoms with Crippen LogP contribution < -0.4 is 27.6 Å². The summed E-state index contributed by atoms with van der Waals surface area (Å²) in [6.45, 7) is 1.82. The topological polar surface area (TPSA) is 219 Å². The molecule has 0 bridgehead atoms. The van der Waals surface area contributed by atoms with Crippen LogP contribution in [0.5, 0.6) is 0 Å². The van der Waals surface area contributed by atoms with E-state index in [1.807, 2.05) is 12.3 Å². The number of aryl methyl sites for hydroxylation is 1. The van der Waals surface area contributed by atoms with E-state index in [0.717, 1.165) is 16.3 Å². The largest absolute Gasteiger partial charge is 0.477 e. The average molecular weight is 558 g/mol. The molecule has 1 fully saturated rings. The summed E-state index contributed by atoms with van der Waals surface area (Å²) in [6, 6.07) is -3.09. The van der Waals surface area contributed by atoms with Crippen molar-refractivity contribution in [3.8, 4) is 0 Å². The van der Waals surface area contributed by atoms with Gasteiger partial charge in [-0.15, -0.1) is 33.3 Å². The molecule has 0 aliphatic carbocycles. The van der Waals surface area contributed by atoms with E-state index in [1.54, 1.807) is 0 Å². The number of hydrogen-bond acceptors (Lipinski definition) is 13. The average Bonchev–Trinajstić information content (AvgIpc) is 3.45. The zero-order valence-corrected chi connectivity index (χ0v) is 21.1. The molecular weight excluding hydrogens is 539 g/mol. The molecule has 2 aromatic rings. The first kappa shape index (κ1) is 25.2. The highest BCUT2D eigenvalue weighted by molar-refractivity contribution is 8.01. The van der Waals surface area contributed by atoms with Crippen molar-refractivity contribution in [2.75, 3.05) is 17.2 Å². The van der Waals surface area contributed by atoms with Crippen molar-refractivity contribution in [3.63, 3.8) is 0 Å². The van der Waals surface area contributed by atoms with Crippen LogP contribution in [0.4, 0.5) is 9.93 Å². The third kappa shape index (κ3) is 5.20. The third-order valence-corrected chi connectivity index (χ3v) is 9.02. The van der Waals surface area contributed by atoms with Gasteiger partial charge in [0.1, 0.15) is 22.1 Å². The number of thiazole rings is 1. The highest BCUT2D eigenvalue weighted by Gasteiger charge is 2.54. The number of urea groups is 1. The van der Waals surface area contributed by atoms with Crippen molar-refractivity contribution in [2.24, 2.45) is 5.84 Å². The number of carboxylic acids is 1. The molecule has 18 heteroatoms. The van der Waals surface area contributed by atoms with Crippen LogP contribution >= 0.6 is 46.2 Å². The summed E-state index contributed by atoms with van der Waals surface area (Å²) in [5.74, 6) is 3.28. The maximum Gasteiger partial charge on any atom is 0.352 e. The molecular formula is C17H19N9O5S4. The number of nitrogens with one attached hydrogen (secondary N) is 3. The lowest BCUT2D eigenvalue weighted by Gasteiger charge is -2.49. The molecule has 0 aromatic carbocycles. The molecule has 35 heavy (non-hydrogen) atoms. The molecule has 8 N–H and O–H groups in total. The molecule has 0 spiro atoms. The van der Waals surface area contributed by atoms with E-state index < -0.39 is 41.3 Å². The Labute approximate surface area is 214 Å². The Morgan fingerprint density at radius 2 is 2.14 bits per heavy atom. The Bertz CT molecular complexity index is 1210. The molecule has 1 saturated heterocycles. The number of aliphatic carboxylic acids is 1. The molecule has 186 valence electrons. The number of nitrogens with zero attached hydrogens (tertiary/aromatic N) is 4. The lowest BCUT2D eigenvalue weighted by Crippen LogP contribution is -2.71. The number of β-lactam (4-membered cyclic amide) rings is 1. The van der Waals surface area contributed by atoms with Gasteiger partial charge in [0.05, 0.1) is 5.69 Å². The van der Waals surface area contributed by atoms with Gasteiger partial charge in [0.2, 0.25) is 5.91 Å². The molecule has 2 unspecified atom stereocenters. The first-order valence-electron chi connectivity index (χ1n) is 9.81. The van der Waals surface area contributed by atoms with Crippen molar-refractivity contribution in [3.05, 3.63) is 27.4 Å². The summed E-state index contributed by atoms with van der Waals surface area (Å²) in [7, 11) is 0. The summed E-state index contributed by atoms with van der Waals surface area (Å²) in [6.07, 6.45) is 0. The quantitative estimate of drug-likeness (QED) is 0.0805. The molecule has 4 amide bonds. The minimum absolute atomic E-state index is 0.0950. The van der Waals surface area contributed by atoms with E-state index in [-0.39, 0.29) is 16.5 Å². The van der Waals surface area contributed by atoms with Crippen molar-refractivity contribution >= 4 is 75.1 Å². The second-order valence-electron chi connectivity index (χ2n) is 7.19. The number of fused-ring (bicyclic) bond motifs is 1. The number of thioether (sulfide) groups is 2. The second kappa shape index (κ2) is 10.4. The Morgan fingerprint density at radius 3 is 2.74 bits per heavy atom. The van der Waals surface area contributed by atoms with Gasteiger partial charge in [-0.3, -0.25) is 19.9 Å². The van der Waals surface area contributed by atoms with Crippen molar-refractivity contribution < 1.29 is 24.3 Å². The molecule has 3 atom stereocenters. The van der Waals surface area contributed by atoms with Gasteiger partial charge in [-0.25, -0.2) is 20.4 Å². The predicted molar refractivity (Wildman–Crippen MR) is 130 cm³/mol. The zero-order valence-electron chi connectivity index (χ0n) is 17.9. The lowest BCUT2D eigenvalue weighted by atomic mass is 10.0. The predicted octanol–water partition coefficient (Wildman–Crippen LogP) is -0.370. The molecule has 4 heterocycles. The number of amides is 4. The third-order valence-electron chi connectivity index (χ3n) is 4.93. The van der Waals surface area contributed by atoms with Crippen LogP contribution in [0.15, 0.2) is 21.0 Å². The number of rotatable bonds is 8. The molecule has 0 saturated carbocycles. The Kier molecular flexibility index (Phi) is 7.45. The van der Waals surface area contributed by atoms with Crippen LogP contribution in [0.2, 0.25) is 0 Å². The summed E-state index contributed by atoms with van der Waals surface area (Å²) < 4.78 is 0.703. The Balaban J connectivity index is 1.48. The highest BCUT2D eigenvalue weighted by atomic mass is 32.2. The van der Waals surface area contributed by atoms with E-state index >= 15 is 0 Å². The summed E-state index contributed by atoms with van der Waals surface area (Å²) in [5.41, 5.74) is 8.15. The molecule has 4 rings (SSSR count). The van der Waals surface area contributed by atoms with Crippen LogP contribution in [-0.4, -0.2) is 71.9 Å². The first-order chi connectivity index (χ1) is 16.7. The summed E-state index contributed by atoms with van der Waals surface area (Å²) in [5, 5.41) is 24.6. The monoisotopic (exact) mass is 557 g/mol. The number of nitrogens with two attached hydrogens (primary N) is 2. The van der Waals surface area contributed by atoms with Crippen LogP contribution in [0, 0.1) is 6.92 Å². The zero-order chi connectivity index (χ0) is 25.3. The number of carbonyl (C=O) groups excluding carboxylic acids is 3. The lowest BCUT2D eigenvalue weighted by molar-refractivity contribution is -0.151. The van der Waals surface area contributed by atoms with Gasteiger partial charge in [0.15, 0.2) is 15.5 Å². The SMILES string of the molecule is Cc1nnc(SCC2=C(C(=O)O)N3C(=O)C(NC(=O)C(NC(=O)NN)c4csc(N)n4)[C@@H]3SC2)s1. The molecule has 2 aliphatic heterocycles. The summed E-state index contributed by atoms with van der Waals surface area (Å²) in [4.78, 5) is 54.9. The van der Waals surface area contributed by atoms with Crippen molar-refractivity contribution in [2.45, 2.75) is 28.7 Å². The highest BCUT2D eigenvalue weighted by Crippen LogP contribution is 2.42. The number of aromatic nitrogens is 3. The van der Waals surface area contributed by atoms with Crippen LogP contribution in [0.25, 0.3) is 0 Å². The van der Waals surface area contributed by atoms with Gasteiger partial charge in [-0.05, 0) is 12.5 Å². The van der Waals surface area contributed by atoms with E-state index in [9.17, 15) is 24.3 Å². The van der Waals surface area contributed by atoms with Gasteiger partial charge >= 0.3 is 12.0 Å². The van der Waals surface area contributed by atoms with Crippen LogP contribution in [0.3, 0.4) is 0 Å². The van der Waals surface area contributed by atoms with E-state index in [2.05, 4.69) is 25.8 Å². The first-order valence-corrected chi connectivity index (χ1v) is 13.5. The second-order valence-corrected chi connectivity index (χ2v) is 11.6. The Morgan fingerprint density at radius 1 is 1.37 bits per heavy atom. The maximum atomic E-state index is 13.0. The molecule has 2 aliphatic rings. The fourth-order valence-corrected chi connectivity index (χ4v) is 7.29. The molecule has 14 nitrogen and oxygen atoms in total. The van der Waals surface area contributed by atoms with Gasteiger partial charge in [-0.1, -0.05) is 23.1 Å². The minimum atomic E-state index is -1.26. The number of nitrogen functional groups attached to an aromatic ring is 1. The minimum Gasteiger partial charge on any atom is -0.477 e. The van der Waals surface area contributed by atoms with Crippen LogP contribution in [-0.2, 0) is 14.4 Å². The number of hydrazine groups is 1. The number of carbonyl (C=O) groups is 4. The fourth-order valence-electron chi connectivity index (χ4n) is 3.40.